The number of carbonyl (C=O) groups is 1. The Morgan fingerprint density at radius 3 is 1.94 bits per heavy atom. The van der Waals surface area contributed by atoms with E-state index in [0.29, 0.717) is 16.7 Å². The van der Waals surface area contributed by atoms with Crippen LogP contribution in [-0.4, -0.2) is 37.7 Å². The molecule has 0 aromatic heterocycles. The molecule has 2 aromatic carbocycles. The van der Waals surface area contributed by atoms with E-state index >= 15 is 0 Å². The van der Waals surface area contributed by atoms with Gasteiger partial charge in [-0.15, -0.1) is 0 Å². The molecule has 2 rings (SSSR count). The minimum Gasteiger partial charge on any atom is -0.507 e. The third-order valence-corrected chi connectivity index (χ3v) is 6.95. The fourth-order valence-electron chi connectivity index (χ4n) is 3.39. The predicted molar refractivity (Wildman–Crippen MR) is 132 cm³/mol. The van der Waals surface area contributed by atoms with Crippen LogP contribution in [-0.2, 0) is 20.7 Å². The number of allylic oxidation sites excluding steroid dienone is 1. The number of aliphatic hydroxyl groups excluding tert-OH is 1. The summed E-state index contributed by atoms with van der Waals surface area (Å²) >= 11 is 0. The lowest BCUT2D eigenvalue weighted by Gasteiger charge is -2.28. The minimum atomic E-state index is -4.15. The second-order valence-corrected chi connectivity index (χ2v) is 12.0. The van der Waals surface area contributed by atoms with Gasteiger partial charge in [-0.2, -0.15) is 5.26 Å². The van der Waals surface area contributed by atoms with Crippen LogP contribution in [0.15, 0.2) is 46.2 Å². The Morgan fingerprint density at radius 1 is 1.03 bits per heavy atom. The smallest absolute Gasteiger partial charge is 0.251 e. The summed E-state index contributed by atoms with van der Waals surface area (Å²) in [5.74, 6) is -0.281. The van der Waals surface area contributed by atoms with Crippen molar-refractivity contribution in [2.45, 2.75) is 57.3 Å². The van der Waals surface area contributed by atoms with Crippen molar-refractivity contribution in [1.29, 1.82) is 5.26 Å². The highest BCUT2D eigenvalue weighted by Gasteiger charge is 2.27. The van der Waals surface area contributed by atoms with Crippen molar-refractivity contribution >= 4 is 21.8 Å². The maximum Gasteiger partial charge on any atom is 0.251 e. The molecule has 0 radical (unpaired) electrons. The summed E-state index contributed by atoms with van der Waals surface area (Å²) in [5, 5.41) is 31.9. The zero-order valence-electron chi connectivity index (χ0n) is 20.4. The lowest BCUT2D eigenvalue weighted by Crippen LogP contribution is -2.26. The predicted octanol–water partition coefficient (Wildman–Crippen LogP) is 4.05. The third-order valence-electron chi connectivity index (χ3n) is 5.27. The number of rotatable bonds is 6. The van der Waals surface area contributed by atoms with Gasteiger partial charge < -0.3 is 15.5 Å². The highest BCUT2D eigenvalue weighted by atomic mass is 32.2. The lowest BCUT2D eigenvalue weighted by molar-refractivity contribution is 0.0944. The van der Waals surface area contributed by atoms with E-state index in [1.165, 1.54) is 30.3 Å². The number of hydrogen-bond donors (Lipinski definition) is 3. The Kier molecular flexibility index (Phi) is 7.97. The van der Waals surface area contributed by atoms with Crippen molar-refractivity contribution in [2.75, 3.05) is 13.2 Å². The van der Waals surface area contributed by atoms with E-state index in [9.17, 15) is 23.6 Å². The molecular weight excluding hydrogens is 452 g/mol. The largest absolute Gasteiger partial charge is 0.507 e. The number of sulfone groups is 1. The van der Waals surface area contributed by atoms with Gasteiger partial charge in [-0.25, -0.2) is 8.42 Å². The van der Waals surface area contributed by atoms with Gasteiger partial charge in [0.05, 0.1) is 11.5 Å². The Bertz CT molecular complexity index is 1210. The molecule has 8 heteroatoms. The topological polar surface area (TPSA) is 127 Å². The van der Waals surface area contributed by atoms with Crippen LogP contribution in [0, 0.1) is 11.3 Å². The van der Waals surface area contributed by atoms with Crippen LogP contribution in [0.1, 0.15) is 68.6 Å². The van der Waals surface area contributed by atoms with Crippen molar-refractivity contribution in [1.82, 2.24) is 5.32 Å². The van der Waals surface area contributed by atoms with Crippen molar-refractivity contribution in [2.24, 2.45) is 0 Å². The van der Waals surface area contributed by atoms with Gasteiger partial charge in [0.1, 0.15) is 16.7 Å². The van der Waals surface area contributed by atoms with Crippen molar-refractivity contribution in [3.63, 3.8) is 0 Å². The number of amides is 1. The first-order valence-electron chi connectivity index (χ1n) is 10.9. The molecule has 0 saturated heterocycles. The fourth-order valence-corrected chi connectivity index (χ4v) is 4.55. The van der Waals surface area contributed by atoms with Crippen LogP contribution in [0.4, 0.5) is 0 Å². The summed E-state index contributed by atoms with van der Waals surface area (Å²) in [7, 11) is -4.15. The molecule has 0 aliphatic heterocycles. The Hall–Kier alpha value is -3.15. The molecule has 2 aromatic rings. The van der Waals surface area contributed by atoms with Crippen molar-refractivity contribution in [3.8, 4) is 11.8 Å². The molecule has 0 saturated carbocycles. The molecule has 182 valence electrons. The maximum absolute atomic E-state index is 13.2. The first-order chi connectivity index (χ1) is 15.6. The van der Waals surface area contributed by atoms with Crippen LogP contribution in [0.2, 0.25) is 0 Å². The summed E-state index contributed by atoms with van der Waals surface area (Å²) in [6.45, 7) is 11.6. The van der Waals surface area contributed by atoms with E-state index in [0.717, 1.165) is 0 Å². The number of nitrogens with one attached hydrogen (secondary N) is 1. The monoisotopic (exact) mass is 484 g/mol. The molecule has 3 N–H and O–H groups in total. The second-order valence-electron chi connectivity index (χ2n) is 10.1. The summed E-state index contributed by atoms with van der Waals surface area (Å²) in [4.78, 5) is 11.4. The molecule has 0 unspecified atom stereocenters. The van der Waals surface area contributed by atoms with E-state index in [2.05, 4.69) is 5.32 Å². The molecule has 0 fully saturated rings. The van der Waals surface area contributed by atoms with Gasteiger partial charge in [0.15, 0.2) is 0 Å². The van der Waals surface area contributed by atoms with E-state index < -0.39 is 31.5 Å². The van der Waals surface area contributed by atoms with Gasteiger partial charge in [0.2, 0.25) is 9.84 Å². The minimum absolute atomic E-state index is 0.0833. The fraction of sp³-hybridized carbons (Fsp3) is 0.385. The summed E-state index contributed by atoms with van der Waals surface area (Å²) in [6.07, 6.45) is 1.31. The molecule has 0 atom stereocenters. The molecule has 0 heterocycles. The van der Waals surface area contributed by atoms with Crippen molar-refractivity contribution < 1.29 is 23.4 Å². The molecule has 1 amide bonds. The Labute approximate surface area is 201 Å². The molecule has 0 aliphatic carbocycles. The summed E-state index contributed by atoms with van der Waals surface area (Å²) < 4.78 is 26.4. The average Bonchev–Trinajstić information content (AvgIpc) is 2.74. The number of nitrogens with zero attached hydrogens (tertiary/aromatic N) is 1. The second kappa shape index (κ2) is 10.00. The molecule has 34 heavy (non-hydrogen) atoms. The van der Waals surface area contributed by atoms with Gasteiger partial charge >= 0.3 is 0 Å². The number of benzene rings is 2. The van der Waals surface area contributed by atoms with Crippen LogP contribution >= 0.6 is 0 Å². The van der Waals surface area contributed by atoms with Crippen LogP contribution in [0.3, 0.4) is 0 Å². The number of aliphatic hydroxyl groups is 1. The first kappa shape index (κ1) is 27.1. The van der Waals surface area contributed by atoms with Gasteiger partial charge in [-0.1, -0.05) is 41.5 Å². The quantitative estimate of drug-likeness (QED) is 0.531. The van der Waals surface area contributed by atoms with E-state index in [-0.39, 0.29) is 29.4 Å². The number of phenolic OH excluding ortho intramolecular Hbond substituents is 1. The molecule has 0 spiro atoms. The average molecular weight is 485 g/mol. The van der Waals surface area contributed by atoms with Crippen LogP contribution < -0.4 is 5.32 Å². The van der Waals surface area contributed by atoms with Crippen LogP contribution in [0.5, 0.6) is 5.75 Å². The zero-order valence-corrected chi connectivity index (χ0v) is 21.2. The van der Waals surface area contributed by atoms with Gasteiger partial charge in [-0.05, 0) is 58.9 Å². The van der Waals surface area contributed by atoms with Gasteiger partial charge in [0, 0.05) is 23.2 Å². The standard InChI is InChI=1S/C26H32N2O5S/c1-25(2,3)21-14-17(15-22(23(21)30)26(4,5)6)13-20(16-27)34(32,33)19-9-7-18(8-10-19)24(31)28-11-12-29/h7-10,13-15,29-30H,11-12H2,1-6H3,(H,28,31)/b20-13+. The molecule has 0 bridgehead atoms. The number of hydrogen-bond acceptors (Lipinski definition) is 6. The number of aromatic hydroxyl groups is 1. The molecule has 7 nitrogen and oxygen atoms in total. The van der Waals surface area contributed by atoms with E-state index in [1.807, 2.05) is 41.5 Å². The number of carbonyl (C=O) groups excluding carboxylic acids is 1. The van der Waals surface area contributed by atoms with E-state index in [4.69, 9.17) is 5.11 Å². The zero-order chi connectivity index (χ0) is 25.9. The maximum atomic E-state index is 13.2. The first-order valence-corrected chi connectivity index (χ1v) is 12.3. The Balaban J connectivity index is 2.58. The summed E-state index contributed by atoms with van der Waals surface area (Å²) in [6, 6.07) is 10.4. The number of phenols is 1. The van der Waals surface area contributed by atoms with Crippen molar-refractivity contribution in [3.05, 3.63) is 63.6 Å². The third kappa shape index (κ3) is 6.04. The highest BCUT2D eigenvalue weighted by Crippen LogP contribution is 2.40. The highest BCUT2D eigenvalue weighted by molar-refractivity contribution is 7.95. The lowest BCUT2D eigenvalue weighted by atomic mass is 9.78. The van der Waals surface area contributed by atoms with Crippen LogP contribution in [0.25, 0.3) is 6.08 Å². The normalized spacial score (nSPS) is 12.8. The van der Waals surface area contributed by atoms with E-state index in [1.54, 1.807) is 18.2 Å². The Morgan fingerprint density at radius 2 is 1.53 bits per heavy atom. The summed E-state index contributed by atoms with van der Waals surface area (Å²) in [5.41, 5.74) is 1.21. The van der Waals surface area contributed by atoms with Gasteiger partial charge in [-0.3, -0.25) is 4.79 Å². The molecule has 0 aliphatic rings. The SMILES string of the molecule is CC(C)(C)c1cc(/C=C(\C#N)S(=O)(=O)c2ccc(C(=O)NCCO)cc2)cc(C(C)(C)C)c1O. The van der Waals surface area contributed by atoms with Gasteiger partial charge in [0.25, 0.3) is 5.91 Å². The molecular formula is C26H32N2O5S. The number of nitriles is 1.